The Morgan fingerprint density at radius 3 is 2.55 bits per heavy atom. The Morgan fingerprint density at radius 1 is 1.17 bits per heavy atom. The molecule has 154 valence electrons. The molecule has 0 spiro atoms. The van der Waals surface area contributed by atoms with Crippen LogP contribution >= 0.6 is 24.0 Å². The van der Waals surface area contributed by atoms with E-state index in [2.05, 4.69) is 11.9 Å². The standard InChI is InChI=1S/C22H27N3O2S2/c1-17(15-18-7-4-3-5-8-18)16-19-21(27)25(22(28)29-19)10-6-9-20(26)24-13-11-23(2)12-14-24/h3-5,7-8,15-16H,6,9-14H2,1-2H3. The maximum atomic E-state index is 12.7. The van der Waals surface area contributed by atoms with Gasteiger partial charge in [-0.2, -0.15) is 0 Å². The van der Waals surface area contributed by atoms with Gasteiger partial charge in [-0.1, -0.05) is 60.4 Å². The molecule has 0 aliphatic carbocycles. The van der Waals surface area contributed by atoms with Crippen LogP contribution < -0.4 is 0 Å². The minimum absolute atomic E-state index is 0.0622. The van der Waals surface area contributed by atoms with E-state index in [0.29, 0.717) is 28.6 Å². The van der Waals surface area contributed by atoms with E-state index >= 15 is 0 Å². The highest BCUT2D eigenvalue weighted by atomic mass is 32.2. The molecule has 0 saturated carbocycles. The van der Waals surface area contributed by atoms with Crippen LogP contribution in [0.15, 0.2) is 46.9 Å². The molecule has 1 aromatic carbocycles. The van der Waals surface area contributed by atoms with Gasteiger partial charge < -0.3 is 9.80 Å². The number of hydrogen-bond acceptors (Lipinski definition) is 5. The second-order valence-electron chi connectivity index (χ2n) is 7.42. The van der Waals surface area contributed by atoms with E-state index in [9.17, 15) is 9.59 Å². The number of nitrogens with zero attached hydrogens (tertiary/aromatic N) is 3. The second kappa shape index (κ2) is 10.2. The zero-order valence-electron chi connectivity index (χ0n) is 17.0. The van der Waals surface area contributed by atoms with Crippen LogP contribution in [0.4, 0.5) is 0 Å². The SMILES string of the molecule is CC(=Cc1ccccc1)C=C1SC(=S)N(CCCC(=O)N2CCN(C)CC2)C1=O. The monoisotopic (exact) mass is 429 g/mol. The van der Waals surface area contributed by atoms with Gasteiger partial charge in [0.05, 0.1) is 4.91 Å². The first-order valence-electron chi connectivity index (χ1n) is 9.89. The van der Waals surface area contributed by atoms with Gasteiger partial charge in [-0.3, -0.25) is 14.5 Å². The molecule has 2 aliphatic heterocycles. The smallest absolute Gasteiger partial charge is 0.266 e. The number of likely N-dealkylation sites (N-methyl/N-ethyl adjacent to an activating group) is 1. The largest absolute Gasteiger partial charge is 0.340 e. The summed E-state index contributed by atoms with van der Waals surface area (Å²) < 4.78 is 0.570. The summed E-state index contributed by atoms with van der Waals surface area (Å²) in [5.41, 5.74) is 2.10. The fourth-order valence-electron chi connectivity index (χ4n) is 3.36. The van der Waals surface area contributed by atoms with Gasteiger partial charge in [0.2, 0.25) is 5.91 Å². The van der Waals surface area contributed by atoms with Crippen molar-refractivity contribution >= 4 is 46.2 Å². The van der Waals surface area contributed by atoms with Crippen LogP contribution in [0.3, 0.4) is 0 Å². The van der Waals surface area contributed by atoms with E-state index in [1.165, 1.54) is 11.8 Å². The fourth-order valence-corrected chi connectivity index (χ4v) is 4.71. The van der Waals surface area contributed by atoms with Crippen LogP contribution in [0.5, 0.6) is 0 Å². The van der Waals surface area contributed by atoms with Crippen molar-refractivity contribution in [3.63, 3.8) is 0 Å². The maximum Gasteiger partial charge on any atom is 0.266 e. The van der Waals surface area contributed by atoms with E-state index in [1.54, 1.807) is 4.90 Å². The Labute approximate surface area is 182 Å². The van der Waals surface area contributed by atoms with Crippen molar-refractivity contribution < 1.29 is 9.59 Å². The van der Waals surface area contributed by atoms with Crippen LogP contribution in [0.25, 0.3) is 6.08 Å². The topological polar surface area (TPSA) is 43.9 Å². The van der Waals surface area contributed by atoms with Crippen molar-refractivity contribution in [1.29, 1.82) is 0 Å². The molecule has 5 nitrogen and oxygen atoms in total. The number of benzene rings is 1. The summed E-state index contributed by atoms with van der Waals surface area (Å²) in [6.07, 6.45) is 5.01. The number of carbonyl (C=O) groups is 2. The molecule has 0 bridgehead atoms. The third-order valence-corrected chi connectivity index (χ3v) is 6.43. The summed E-state index contributed by atoms with van der Waals surface area (Å²) >= 11 is 6.74. The number of allylic oxidation sites excluding steroid dienone is 2. The molecule has 2 heterocycles. The van der Waals surface area contributed by atoms with Crippen LogP contribution in [-0.2, 0) is 9.59 Å². The van der Waals surface area contributed by atoms with Crippen LogP contribution in [-0.4, -0.2) is 70.6 Å². The Balaban J connectivity index is 1.52. The number of rotatable bonds is 6. The second-order valence-corrected chi connectivity index (χ2v) is 9.10. The van der Waals surface area contributed by atoms with Crippen molar-refractivity contribution in [2.75, 3.05) is 39.8 Å². The zero-order valence-corrected chi connectivity index (χ0v) is 18.6. The minimum atomic E-state index is -0.0622. The molecule has 0 atom stereocenters. The van der Waals surface area contributed by atoms with Gasteiger partial charge in [-0.05, 0) is 37.6 Å². The lowest BCUT2D eigenvalue weighted by molar-refractivity contribution is -0.133. The molecule has 2 fully saturated rings. The van der Waals surface area contributed by atoms with Gasteiger partial charge in [-0.25, -0.2) is 0 Å². The highest BCUT2D eigenvalue weighted by Crippen LogP contribution is 2.32. The van der Waals surface area contributed by atoms with Gasteiger partial charge in [-0.15, -0.1) is 0 Å². The van der Waals surface area contributed by atoms with E-state index in [1.807, 2.05) is 54.3 Å². The van der Waals surface area contributed by atoms with Crippen LogP contribution in [0.2, 0.25) is 0 Å². The lowest BCUT2D eigenvalue weighted by Crippen LogP contribution is -2.47. The number of carbonyl (C=O) groups excluding carboxylic acids is 2. The number of amides is 2. The molecule has 7 heteroatoms. The minimum Gasteiger partial charge on any atom is -0.340 e. The molecular weight excluding hydrogens is 402 g/mol. The molecular formula is C22H27N3O2S2. The highest BCUT2D eigenvalue weighted by Gasteiger charge is 2.31. The van der Waals surface area contributed by atoms with E-state index in [-0.39, 0.29) is 11.8 Å². The summed E-state index contributed by atoms with van der Waals surface area (Å²) in [5, 5.41) is 0. The van der Waals surface area contributed by atoms with E-state index in [4.69, 9.17) is 12.2 Å². The van der Waals surface area contributed by atoms with Gasteiger partial charge in [0, 0.05) is 39.1 Å². The Kier molecular flexibility index (Phi) is 7.64. The fraction of sp³-hybridized carbons (Fsp3) is 0.409. The lowest BCUT2D eigenvalue weighted by Gasteiger charge is -2.32. The van der Waals surface area contributed by atoms with Gasteiger partial charge in [0.15, 0.2) is 0 Å². The third kappa shape index (κ3) is 6.01. The van der Waals surface area contributed by atoms with Crippen molar-refractivity contribution in [3.05, 3.63) is 52.4 Å². The summed E-state index contributed by atoms with van der Waals surface area (Å²) in [4.78, 5) is 31.5. The number of thioether (sulfide) groups is 1. The molecule has 0 aromatic heterocycles. The van der Waals surface area contributed by atoms with Gasteiger partial charge >= 0.3 is 0 Å². The third-order valence-electron chi connectivity index (χ3n) is 5.05. The predicted octanol–water partition coefficient (Wildman–Crippen LogP) is 3.39. The first-order valence-corrected chi connectivity index (χ1v) is 11.1. The number of hydrogen-bond donors (Lipinski definition) is 0. The molecule has 2 amide bonds. The van der Waals surface area contributed by atoms with Gasteiger partial charge in [0.1, 0.15) is 4.32 Å². The van der Waals surface area contributed by atoms with Crippen molar-refractivity contribution in [3.8, 4) is 0 Å². The predicted molar refractivity (Wildman–Crippen MR) is 123 cm³/mol. The summed E-state index contributed by atoms with van der Waals surface area (Å²) in [7, 11) is 2.07. The molecule has 3 rings (SSSR count). The summed E-state index contributed by atoms with van der Waals surface area (Å²) in [6.45, 7) is 5.87. The molecule has 0 N–H and O–H groups in total. The molecule has 29 heavy (non-hydrogen) atoms. The highest BCUT2D eigenvalue weighted by molar-refractivity contribution is 8.26. The zero-order chi connectivity index (χ0) is 20.8. The summed E-state index contributed by atoms with van der Waals surface area (Å²) in [5.74, 6) is 0.105. The molecule has 0 radical (unpaired) electrons. The molecule has 2 aliphatic rings. The number of thiocarbonyl (C=S) groups is 1. The Morgan fingerprint density at radius 2 is 1.86 bits per heavy atom. The molecule has 1 aromatic rings. The normalized spacial score (nSPS) is 20.1. The quantitative estimate of drug-likeness (QED) is 0.512. The average molecular weight is 430 g/mol. The summed E-state index contributed by atoms with van der Waals surface area (Å²) in [6, 6.07) is 10.0. The van der Waals surface area contributed by atoms with Crippen LogP contribution in [0, 0.1) is 0 Å². The van der Waals surface area contributed by atoms with E-state index < -0.39 is 0 Å². The average Bonchev–Trinajstić information content (AvgIpc) is 2.96. The first-order chi connectivity index (χ1) is 13.9. The Bertz CT molecular complexity index is 828. The van der Waals surface area contributed by atoms with Crippen molar-refractivity contribution in [1.82, 2.24) is 14.7 Å². The van der Waals surface area contributed by atoms with Gasteiger partial charge in [0.25, 0.3) is 5.91 Å². The van der Waals surface area contributed by atoms with E-state index in [0.717, 1.165) is 37.3 Å². The number of piperazine rings is 1. The van der Waals surface area contributed by atoms with Crippen molar-refractivity contribution in [2.24, 2.45) is 0 Å². The Hall–Kier alpha value is -1.96. The first kappa shape index (κ1) is 21.7. The van der Waals surface area contributed by atoms with Crippen molar-refractivity contribution in [2.45, 2.75) is 19.8 Å². The lowest BCUT2D eigenvalue weighted by atomic mass is 10.1. The maximum absolute atomic E-state index is 12.7. The molecule has 0 unspecified atom stereocenters. The molecule has 2 saturated heterocycles. The van der Waals surface area contributed by atoms with Crippen LogP contribution in [0.1, 0.15) is 25.3 Å².